The molecule has 1 aliphatic carbocycles. The average Bonchev–Trinajstić information content (AvgIpc) is 2.87. The van der Waals surface area contributed by atoms with Crippen LogP contribution >= 0.6 is 0 Å². The van der Waals surface area contributed by atoms with E-state index in [1.165, 1.54) is 16.8 Å². The molecule has 7 heteroatoms. The van der Waals surface area contributed by atoms with Crippen molar-refractivity contribution >= 4 is 10.9 Å². The van der Waals surface area contributed by atoms with Gasteiger partial charge in [0.15, 0.2) is 12.0 Å². The molecule has 0 spiro atoms. The van der Waals surface area contributed by atoms with E-state index in [4.69, 9.17) is 0 Å². The summed E-state index contributed by atoms with van der Waals surface area (Å²) < 4.78 is 29.5. The lowest BCUT2D eigenvalue weighted by Gasteiger charge is -2.18. The third-order valence-electron chi connectivity index (χ3n) is 4.10. The van der Waals surface area contributed by atoms with E-state index >= 15 is 0 Å². The van der Waals surface area contributed by atoms with E-state index in [0.717, 1.165) is 6.20 Å². The van der Waals surface area contributed by atoms with Gasteiger partial charge in [0.05, 0.1) is 24.3 Å². The van der Waals surface area contributed by atoms with E-state index in [1.54, 1.807) is 0 Å². The standard InChI is InChI=1S/C14H14F2N2O3/c1-6-7(5-19)13(20)11(16)12(6)18-4-8(15)10-9(18)2-3-17-14(10)21/h2-4,7,11-13,19-20H,1,5H2,(H,17,21)/t7-,11?,12+,13+/m0/s1. The van der Waals surface area contributed by atoms with Crippen LogP contribution in [0.25, 0.3) is 10.9 Å². The molecular weight excluding hydrogens is 282 g/mol. The fourth-order valence-corrected chi connectivity index (χ4v) is 3.01. The summed E-state index contributed by atoms with van der Waals surface area (Å²) in [5, 5.41) is 18.9. The maximum atomic E-state index is 14.3. The molecular formula is C14H14F2N2O3. The van der Waals surface area contributed by atoms with Gasteiger partial charge in [-0.25, -0.2) is 8.78 Å². The molecule has 0 radical (unpaired) electrons. The van der Waals surface area contributed by atoms with Crippen LogP contribution in [0.1, 0.15) is 6.04 Å². The summed E-state index contributed by atoms with van der Waals surface area (Å²) in [7, 11) is 0. The monoisotopic (exact) mass is 296 g/mol. The Morgan fingerprint density at radius 1 is 1.48 bits per heavy atom. The van der Waals surface area contributed by atoms with Crippen molar-refractivity contribution in [1.82, 2.24) is 9.55 Å². The van der Waals surface area contributed by atoms with Crippen LogP contribution in [0.15, 0.2) is 35.4 Å². The van der Waals surface area contributed by atoms with E-state index in [2.05, 4.69) is 11.6 Å². The molecule has 1 saturated carbocycles. The van der Waals surface area contributed by atoms with Crippen LogP contribution in [-0.4, -0.2) is 38.6 Å². The van der Waals surface area contributed by atoms with Crippen LogP contribution in [0.3, 0.4) is 0 Å². The van der Waals surface area contributed by atoms with Gasteiger partial charge in [-0.05, 0) is 11.6 Å². The molecule has 2 aromatic heterocycles. The largest absolute Gasteiger partial charge is 0.396 e. The van der Waals surface area contributed by atoms with E-state index in [-0.39, 0.29) is 16.5 Å². The number of aromatic nitrogens is 2. The Morgan fingerprint density at radius 3 is 2.81 bits per heavy atom. The highest BCUT2D eigenvalue weighted by atomic mass is 19.1. The molecule has 2 heterocycles. The zero-order chi connectivity index (χ0) is 15.3. The molecule has 112 valence electrons. The van der Waals surface area contributed by atoms with E-state index in [9.17, 15) is 23.8 Å². The molecule has 0 aliphatic heterocycles. The smallest absolute Gasteiger partial charge is 0.260 e. The summed E-state index contributed by atoms with van der Waals surface area (Å²) in [6, 6.07) is 0.435. The second-order valence-corrected chi connectivity index (χ2v) is 5.20. The highest BCUT2D eigenvalue weighted by Crippen LogP contribution is 2.42. The van der Waals surface area contributed by atoms with Crippen LogP contribution < -0.4 is 5.56 Å². The molecule has 5 nitrogen and oxygen atoms in total. The van der Waals surface area contributed by atoms with Gasteiger partial charge in [-0.2, -0.15) is 0 Å². The van der Waals surface area contributed by atoms with Gasteiger partial charge in [-0.3, -0.25) is 4.79 Å². The van der Waals surface area contributed by atoms with Gasteiger partial charge in [-0.15, -0.1) is 0 Å². The summed E-state index contributed by atoms with van der Waals surface area (Å²) in [4.78, 5) is 14.0. The lowest BCUT2D eigenvalue weighted by atomic mass is 10.0. The van der Waals surface area contributed by atoms with Gasteiger partial charge >= 0.3 is 0 Å². The van der Waals surface area contributed by atoms with Crippen LogP contribution in [0.2, 0.25) is 0 Å². The third kappa shape index (κ3) is 1.85. The van der Waals surface area contributed by atoms with Crippen LogP contribution in [-0.2, 0) is 0 Å². The number of H-pyrrole nitrogens is 1. The lowest BCUT2D eigenvalue weighted by molar-refractivity contribution is 0.0426. The Balaban J connectivity index is 2.20. The van der Waals surface area contributed by atoms with Crippen molar-refractivity contribution in [2.75, 3.05) is 6.61 Å². The normalized spacial score (nSPS) is 29.4. The molecule has 1 aliphatic rings. The number of nitrogens with zero attached hydrogens (tertiary/aromatic N) is 1. The molecule has 21 heavy (non-hydrogen) atoms. The number of hydrogen-bond acceptors (Lipinski definition) is 3. The summed E-state index contributed by atoms with van der Waals surface area (Å²) in [5.74, 6) is -1.58. The van der Waals surface area contributed by atoms with E-state index in [0.29, 0.717) is 0 Å². The number of pyridine rings is 1. The molecule has 3 rings (SSSR count). The van der Waals surface area contributed by atoms with Gasteiger partial charge in [-0.1, -0.05) is 6.58 Å². The number of aliphatic hydroxyl groups is 2. The maximum Gasteiger partial charge on any atom is 0.260 e. The molecule has 0 amide bonds. The number of fused-ring (bicyclic) bond motifs is 1. The third-order valence-corrected chi connectivity index (χ3v) is 4.10. The summed E-state index contributed by atoms with van der Waals surface area (Å²) in [6.45, 7) is 3.27. The molecule has 3 N–H and O–H groups in total. The lowest BCUT2D eigenvalue weighted by Crippen LogP contribution is -2.26. The Labute approximate surface area is 118 Å². The molecule has 0 saturated heterocycles. The number of aromatic amines is 1. The van der Waals surface area contributed by atoms with E-state index < -0.39 is 42.2 Å². The highest BCUT2D eigenvalue weighted by molar-refractivity contribution is 5.80. The predicted octanol–water partition coefficient (Wildman–Crippen LogP) is 0.887. The van der Waals surface area contributed by atoms with Gasteiger partial charge in [0.25, 0.3) is 5.56 Å². The van der Waals surface area contributed by atoms with Crippen LogP contribution in [0.4, 0.5) is 8.78 Å². The van der Waals surface area contributed by atoms with Crippen molar-refractivity contribution in [3.05, 3.63) is 46.8 Å². The van der Waals surface area contributed by atoms with Crippen molar-refractivity contribution in [1.29, 1.82) is 0 Å². The first-order chi connectivity index (χ1) is 9.97. The Kier molecular flexibility index (Phi) is 3.18. The minimum absolute atomic E-state index is 0.167. The Bertz CT molecular complexity index is 767. The summed E-state index contributed by atoms with van der Waals surface area (Å²) in [6.07, 6.45) is -0.778. The van der Waals surface area contributed by atoms with Crippen molar-refractivity contribution in [2.24, 2.45) is 5.92 Å². The first-order valence-electron chi connectivity index (χ1n) is 6.46. The number of alkyl halides is 1. The zero-order valence-corrected chi connectivity index (χ0v) is 11.0. The number of halogens is 2. The molecule has 4 atom stereocenters. The van der Waals surface area contributed by atoms with Crippen molar-refractivity contribution < 1.29 is 19.0 Å². The fraction of sp³-hybridized carbons (Fsp3) is 0.357. The summed E-state index contributed by atoms with van der Waals surface area (Å²) in [5.41, 5.74) is -0.118. The number of nitrogens with one attached hydrogen (secondary N) is 1. The first-order valence-corrected chi connectivity index (χ1v) is 6.46. The molecule has 1 unspecified atom stereocenters. The molecule has 0 bridgehead atoms. The molecule has 2 aromatic rings. The Hall–Kier alpha value is -1.99. The predicted molar refractivity (Wildman–Crippen MR) is 72.2 cm³/mol. The van der Waals surface area contributed by atoms with Gasteiger partial charge in [0, 0.05) is 18.3 Å². The van der Waals surface area contributed by atoms with Gasteiger partial charge in [0.2, 0.25) is 0 Å². The van der Waals surface area contributed by atoms with Crippen LogP contribution in [0, 0.1) is 11.7 Å². The number of rotatable bonds is 2. The molecule has 1 fully saturated rings. The SMILES string of the molecule is C=C1[C@@H](n2cc(F)c3c(=O)[nH]ccc32)C(F)[C@H](O)[C@H]1CO. The second-order valence-electron chi connectivity index (χ2n) is 5.20. The van der Waals surface area contributed by atoms with Gasteiger partial charge < -0.3 is 19.8 Å². The second kappa shape index (κ2) is 4.78. The fourth-order valence-electron chi connectivity index (χ4n) is 3.01. The van der Waals surface area contributed by atoms with Crippen molar-refractivity contribution in [3.8, 4) is 0 Å². The maximum absolute atomic E-state index is 14.3. The zero-order valence-electron chi connectivity index (χ0n) is 11.0. The minimum Gasteiger partial charge on any atom is -0.396 e. The highest BCUT2D eigenvalue weighted by Gasteiger charge is 2.46. The Morgan fingerprint density at radius 2 is 2.19 bits per heavy atom. The van der Waals surface area contributed by atoms with Crippen molar-refractivity contribution in [3.63, 3.8) is 0 Å². The minimum atomic E-state index is -1.73. The van der Waals surface area contributed by atoms with E-state index in [1.807, 2.05) is 0 Å². The summed E-state index contributed by atoms with van der Waals surface area (Å²) >= 11 is 0. The molecule has 0 aromatic carbocycles. The average molecular weight is 296 g/mol. The topological polar surface area (TPSA) is 78.2 Å². The van der Waals surface area contributed by atoms with Crippen molar-refractivity contribution in [2.45, 2.75) is 18.3 Å². The number of aliphatic hydroxyl groups excluding tert-OH is 2. The number of hydrogen-bond donors (Lipinski definition) is 3. The van der Waals surface area contributed by atoms with Gasteiger partial charge in [0.1, 0.15) is 5.39 Å². The first kappa shape index (κ1) is 14.0. The van der Waals surface area contributed by atoms with Crippen LogP contribution in [0.5, 0.6) is 0 Å². The quantitative estimate of drug-likeness (QED) is 0.720.